The third kappa shape index (κ3) is 2.42. The van der Waals surface area contributed by atoms with E-state index in [2.05, 4.69) is 4.98 Å². The maximum absolute atomic E-state index is 11.8. The summed E-state index contributed by atoms with van der Waals surface area (Å²) < 4.78 is 10.3. The van der Waals surface area contributed by atoms with Gasteiger partial charge in [0.25, 0.3) is 0 Å². The van der Waals surface area contributed by atoms with Gasteiger partial charge in [0.2, 0.25) is 5.55 Å². The zero-order valence-electron chi connectivity index (χ0n) is 11.0. The Morgan fingerprint density at radius 2 is 2.21 bits per heavy atom. The second-order valence-electron chi connectivity index (χ2n) is 3.98. The maximum atomic E-state index is 11.8. The first-order chi connectivity index (χ1) is 9.04. The summed E-state index contributed by atoms with van der Waals surface area (Å²) in [5, 5.41) is 0. The fourth-order valence-corrected chi connectivity index (χ4v) is 1.71. The predicted octanol–water partition coefficient (Wildman–Crippen LogP) is -0.279. The number of allylic oxidation sites excluding steroid dienone is 1. The summed E-state index contributed by atoms with van der Waals surface area (Å²) in [5.41, 5.74) is 0.323. The molecule has 1 aliphatic rings. The van der Waals surface area contributed by atoms with Gasteiger partial charge in [-0.2, -0.15) is 4.98 Å². The number of ether oxygens (including phenoxy) is 1. The molecule has 6 nitrogen and oxygen atoms in total. The fraction of sp³-hybridized carbons (Fsp3) is 0.308. The van der Waals surface area contributed by atoms with E-state index in [1.807, 2.05) is 0 Å². The van der Waals surface area contributed by atoms with Crippen LogP contribution in [0, 0.1) is 0 Å². The molecule has 0 radical (unpaired) electrons. The van der Waals surface area contributed by atoms with Crippen molar-refractivity contribution in [1.82, 2.24) is 4.98 Å². The number of nitrogens with zero attached hydrogens (tertiary/aromatic N) is 2. The number of carbonyl (C=O) groups is 2. The topological polar surface area (TPSA) is 72.6 Å². The van der Waals surface area contributed by atoms with Crippen LogP contribution in [0.3, 0.4) is 0 Å². The number of hydrogen-bond donors (Lipinski definition) is 0. The largest absolute Gasteiger partial charge is 0.462 e. The van der Waals surface area contributed by atoms with Crippen LogP contribution in [-0.4, -0.2) is 30.4 Å². The number of hydrogen-bond acceptors (Lipinski definition) is 6. The van der Waals surface area contributed by atoms with Crippen molar-refractivity contribution < 1.29 is 18.7 Å². The van der Waals surface area contributed by atoms with Gasteiger partial charge < -0.3 is 14.1 Å². The molecule has 0 saturated carbocycles. The van der Waals surface area contributed by atoms with E-state index in [1.165, 1.54) is 6.92 Å². The number of ketones is 1. The van der Waals surface area contributed by atoms with E-state index in [4.69, 9.17) is 9.15 Å². The second-order valence-corrected chi connectivity index (χ2v) is 3.98. The van der Waals surface area contributed by atoms with Crippen molar-refractivity contribution >= 4 is 29.2 Å². The number of anilines is 1. The normalized spacial score (nSPS) is 14.6. The van der Waals surface area contributed by atoms with Gasteiger partial charge >= 0.3 is 5.97 Å². The van der Waals surface area contributed by atoms with Crippen LogP contribution in [0.1, 0.15) is 13.8 Å². The van der Waals surface area contributed by atoms with Crippen molar-refractivity contribution in [3.05, 3.63) is 23.2 Å². The summed E-state index contributed by atoms with van der Waals surface area (Å²) in [4.78, 5) is 29.3. The molecule has 1 aromatic rings. The average Bonchev–Trinajstić information content (AvgIpc) is 2.74. The lowest BCUT2D eigenvalue weighted by Gasteiger charge is -2.10. The summed E-state index contributed by atoms with van der Waals surface area (Å²) in [6, 6.07) is 0. The third-order valence-electron chi connectivity index (χ3n) is 2.57. The lowest BCUT2D eigenvalue weighted by atomic mass is 10.2. The first-order valence-electron chi connectivity index (χ1n) is 5.85. The van der Waals surface area contributed by atoms with Crippen LogP contribution in [0.5, 0.6) is 0 Å². The van der Waals surface area contributed by atoms with Crippen LogP contribution >= 0.6 is 0 Å². The Morgan fingerprint density at radius 1 is 1.47 bits per heavy atom. The van der Waals surface area contributed by atoms with Crippen LogP contribution in [-0.2, 0) is 14.3 Å². The van der Waals surface area contributed by atoms with Gasteiger partial charge in [-0.15, -0.1) is 0 Å². The molecule has 0 spiro atoms. The molecule has 0 amide bonds. The molecule has 0 aromatic carbocycles. The lowest BCUT2D eigenvalue weighted by Crippen LogP contribution is -2.22. The van der Waals surface area contributed by atoms with Crippen LogP contribution in [0.25, 0.3) is 11.6 Å². The highest BCUT2D eigenvalue weighted by Gasteiger charge is 2.21. The highest BCUT2D eigenvalue weighted by molar-refractivity contribution is 6.37. The van der Waals surface area contributed by atoms with Gasteiger partial charge in [0.15, 0.2) is 22.6 Å². The Balaban J connectivity index is 2.63. The van der Waals surface area contributed by atoms with Crippen molar-refractivity contribution in [2.24, 2.45) is 0 Å². The molecule has 0 unspecified atom stereocenters. The monoisotopic (exact) mass is 262 g/mol. The van der Waals surface area contributed by atoms with E-state index in [9.17, 15) is 9.59 Å². The van der Waals surface area contributed by atoms with Gasteiger partial charge in [-0.1, -0.05) is 0 Å². The summed E-state index contributed by atoms with van der Waals surface area (Å²) in [7, 11) is 1.80. The number of Topliss-reactive ketones (excluding diaryl/α,β-unsaturated/α-hetero) is 1. The number of carbonyl (C=O) groups excluding carboxylic acids is 2. The maximum Gasteiger partial charge on any atom is 0.347 e. The van der Waals surface area contributed by atoms with Crippen molar-refractivity contribution in [2.75, 3.05) is 18.6 Å². The highest BCUT2D eigenvalue weighted by atomic mass is 16.5. The number of oxazole rings is 1. The van der Waals surface area contributed by atoms with E-state index in [1.54, 1.807) is 37.2 Å². The Kier molecular flexibility index (Phi) is 3.50. The van der Waals surface area contributed by atoms with Gasteiger partial charge in [-0.05, 0) is 26.0 Å². The van der Waals surface area contributed by atoms with Gasteiger partial charge in [-0.3, -0.25) is 4.79 Å². The Labute approximate surface area is 109 Å². The Bertz CT molecular complexity index is 669. The minimum absolute atomic E-state index is 0.0113. The van der Waals surface area contributed by atoms with Gasteiger partial charge in [-0.25, -0.2) is 4.79 Å². The number of fused-ring (bicyclic) bond motifs is 1. The van der Waals surface area contributed by atoms with E-state index in [-0.39, 0.29) is 17.7 Å². The highest BCUT2D eigenvalue weighted by Crippen LogP contribution is 2.06. The molecule has 1 aliphatic heterocycles. The molecule has 0 bridgehead atoms. The minimum Gasteiger partial charge on any atom is -0.462 e. The number of rotatable bonds is 3. The fourth-order valence-electron chi connectivity index (χ4n) is 1.71. The number of esters is 1. The molecule has 1 aromatic heterocycles. The molecule has 0 aliphatic carbocycles. The molecular weight excluding hydrogens is 248 g/mol. The Morgan fingerprint density at radius 3 is 2.79 bits per heavy atom. The number of aromatic nitrogens is 1. The predicted molar refractivity (Wildman–Crippen MR) is 68.5 cm³/mol. The zero-order valence-corrected chi connectivity index (χ0v) is 11.0. The average molecular weight is 262 g/mol. The van der Waals surface area contributed by atoms with E-state index in [0.29, 0.717) is 11.2 Å². The molecule has 100 valence electrons. The minimum atomic E-state index is -0.718. The van der Waals surface area contributed by atoms with Gasteiger partial charge in [0.1, 0.15) is 0 Å². The smallest absolute Gasteiger partial charge is 0.347 e. The SMILES string of the molecule is CCOC(=O)/C(C(C)=O)=c1/nc2c(o1)=CC=CN2C. The molecule has 2 rings (SSSR count). The van der Waals surface area contributed by atoms with E-state index in [0.717, 1.165) is 0 Å². The van der Waals surface area contributed by atoms with Crippen LogP contribution in [0.4, 0.5) is 5.82 Å². The van der Waals surface area contributed by atoms with Gasteiger partial charge in [0.05, 0.1) is 6.61 Å². The molecule has 0 atom stereocenters. The molecule has 6 heteroatoms. The summed E-state index contributed by atoms with van der Waals surface area (Å²) in [6.45, 7) is 3.13. The van der Waals surface area contributed by atoms with E-state index < -0.39 is 11.8 Å². The molecule has 0 N–H and O–H groups in total. The second kappa shape index (κ2) is 5.09. The first kappa shape index (κ1) is 13.1. The summed E-state index contributed by atoms with van der Waals surface area (Å²) in [5.74, 6) is -0.600. The quantitative estimate of drug-likeness (QED) is 0.551. The molecule has 0 saturated heterocycles. The van der Waals surface area contributed by atoms with Crippen molar-refractivity contribution in [2.45, 2.75) is 13.8 Å². The molecule has 0 fully saturated rings. The van der Waals surface area contributed by atoms with Crippen LogP contribution in [0.2, 0.25) is 0 Å². The Hall–Kier alpha value is -2.37. The summed E-state index contributed by atoms with van der Waals surface area (Å²) in [6.07, 6.45) is 5.30. The lowest BCUT2D eigenvalue weighted by molar-refractivity contribution is -0.137. The van der Waals surface area contributed by atoms with E-state index >= 15 is 0 Å². The molecule has 19 heavy (non-hydrogen) atoms. The standard InChI is InChI=1S/C13H14N2O4/c1-4-18-13(17)10(8(2)16)12-14-11-9(19-12)6-5-7-15(11)3/h5-7H,4H2,1-3H3/b12-10-. The van der Waals surface area contributed by atoms with Gasteiger partial charge in [0, 0.05) is 13.2 Å². The van der Waals surface area contributed by atoms with Crippen molar-refractivity contribution in [1.29, 1.82) is 0 Å². The van der Waals surface area contributed by atoms with Crippen LogP contribution < -0.4 is 15.9 Å². The third-order valence-corrected chi connectivity index (χ3v) is 2.57. The summed E-state index contributed by atoms with van der Waals surface area (Å²) >= 11 is 0. The first-order valence-corrected chi connectivity index (χ1v) is 5.85. The molecular formula is C13H14N2O4. The molecule has 2 heterocycles. The van der Waals surface area contributed by atoms with Crippen molar-refractivity contribution in [3.8, 4) is 0 Å². The van der Waals surface area contributed by atoms with Crippen LogP contribution in [0.15, 0.2) is 16.7 Å². The van der Waals surface area contributed by atoms with Crippen molar-refractivity contribution in [3.63, 3.8) is 0 Å². The zero-order chi connectivity index (χ0) is 14.0.